The predicted molar refractivity (Wildman–Crippen MR) is 91.4 cm³/mol. The normalized spacial score (nSPS) is 11.1. The SMILES string of the molecule is C=CCNC(C)(C)CCCCCCCCCCC.Cl. The molecule has 1 N–H and O–H groups in total. The minimum absolute atomic E-state index is 0. The number of rotatable bonds is 13. The second kappa shape index (κ2) is 14.4. The molecule has 116 valence electrons. The second-order valence-corrected chi connectivity index (χ2v) is 6.13. The highest BCUT2D eigenvalue weighted by Crippen LogP contribution is 2.16. The summed E-state index contributed by atoms with van der Waals surface area (Å²) in [5.41, 5.74) is 0.273. The molecule has 0 saturated heterocycles. The first-order valence-electron chi connectivity index (χ1n) is 7.98. The van der Waals surface area contributed by atoms with Gasteiger partial charge in [0.15, 0.2) is 0 Å². The van der Waals surface area contributed by atoms with Crippen molar-refractivity contribution in [1.82, 2.24) is 5.32 Å². The molecular weight excluding hydrogens is 254 g/mol. The molecule has 1 nitrogen and oxygen atoms in total. The molecule has 0 aliphatic rings. The van der Waals surface area contributed by atoms with Gasteiger partial charge in [-0.25, -0.2) is 0 Å². The van der Waals surface area contributed by atoms with Gasteiger partial charge >= 0.3 is 0 Å². The van der Waals surface area contributed by atoms with Crippen molar-refractivity contribution in [3.63, 3.8) is 0 Å². The Bertz CT molecular complexity index is 190. The number of hydrogen-bond donors (Lipinski definition) is 1. The van der Waals surface area contributed by atoms with E-state index in [1.54, 1.807) is 0 Å². The Kier molecular flexibility index (Phi) is 16.1. The van der Waals surface area contributed by atoms with Gasteiger partial charge in [0.1, 0.15) is 0 Å². The largest absolute Gasteiger partial charge is 0.308 e. The molecule has 0 aromatic heterocycles. The maximum absolute atomic E-state index is 3.75. The molecule has 0 aliphatic carbocycles. The van der Waals surface area contributed by atoms with Gasteiger partial charge in [0.2, 0.25) is 0 Å². The van der Waals surface area contributed by atoms with E-state index in [-0.39, 0.29) is 17.9 Å². The maximum atomic E-state index is 3.75. The first-order chi connectivity index (χ1) is 8.62. The highest BCUT2D eigenvalue weighted by atomic mass is 35.5. The standard InChI is InChI=1S/C17H35N.ClH/c1-5-7-8-9-10-11-12-13-14-15-17(3,4)18-16-6-2;/h6,18H,2,5,7-16H2,1,3-4H3;1H. The van der Waals surface area contributed by atoms with E-state index < -0.39 is 0 Å². The van der Waals surface area contributed by atoms with Crippen LogP contribution in [0.4, 0.5) is 0 Å². The molecule has 0 fully saturated rings. The summed E-state index contributed by atoms with van der Waals surface area (Å²) in [6.45, 7) is 11.5. The Morgan fingerprint density at radius 3 is 1.84 bits per heavy atom. The van der Waals surface area contributed by atoms with E-state index >= 15 is 0 Å². The van der Waals surface area contributed by atoms with Crippen LogP contribution >= 0.6 is 12.4 Å². The first-order valence-corrected chi connectivity index (χ1v) is 7.98. The molecule has 0 aromatic rings. The average Bonchev–Trinajstić information content (AvgIpc) is 2.34. The summed E-state index contributed by atoms with van der Waals surface area (Å²) in [7, 11) is 0. The fraction of sp³-hybridized carbons (Fsp3) is 0.882. The zero-order valence-electron chi connectivity index (χ0n) is 13.5. The van der Waals surface area contributed by atoms with E-state index in [0.717, 1.165) is 6.54 Å². The molecule has 0 rings (SSSR count). The Labute approximate surface area is 128 Å². The lowest BCUT2D eigenvalue weighted by atomic mass is 9.96. The molecular formula is C17H36ClN. The number of hydrogen-bond acceptors (Lipinski definition) is 1. The molecule has 2 heteroatoms. The number of unbranched alkanes of at least 4 members (excludes halogenated alkanes) is 8. The van der Waals surface area contributed by atoms with E-state index in [1.165, 1.54) is 64.2 Å². The molecule has 0 aliphatic heterocycles. The van der Waals surface area contributed by atoms with E-state index in [0.29, 0.717) is 0 Å². The van der Waals surface area contributed by atoms with Crippen molar-refractivity contribution in [2.45, 2.75) is 90.5 Å². The van der Waals surface area contributed by atoms with Gasteiger partial charge in [0.25, 0.3) is 0 Å². The van der Waals surface area contributed by atoms with Crippen molar-refractivity contribution >= 4 is 12.4 Å². The van der Waals surface area contributed by atoms with E-state index in [4.69, 9.17) is 0 Å². The minimum atomic E-state index is 0. The molecule has 0 bridgehead atoms. The van der Waals surface area contributed by atoms with Crippen LogP contribution < -0.4 is 5.32 Å². The highest BCUT2D eigenvalue weighted by Gasteiger charge is 2.14. The van der Waals surface area contributed by atoms with Crippen molar-refractivity contribution in [3.05, 3.63) is 12.7 Å². The van der Waals surface area contributed by atoms with Crippen molar-refractivity contribution in [1.29, 1.82) is 0 Å². The van der Waals surface area contributed by atoms with Crippen LogP contribution in [0.1, 0.15) is 85.0 Å². The summed E-state index contributed by atoms with van der Waals surface area (Å²) < 4.78 is 0. The zero-order chi connectivity index (χ0) is 13.7. The molecule has 0 heterocycles. The van der Waals surface area contributed by atoms with Crippen LogP contribution in [0, 0.1) is 0 Å². The van der Waals surface area contributed by atoms with Gasteiger partial charge in [-0.3, -0.25) is 0 Å². The van der Waals surface area contributed by atoms with Gasteiger partial charge in [-0.05, 0) is 20.3 Å². The van der Waals surface area contributed by atoms with Gasteiger partial charge < -0.3 is 5.32 Å². The lowest BCUT2D eigenvalue weighted by Gasteiger charge is -2.25. The van der Waals surface area contributed by atoms with Crippen LogP contribution in [0.15, 0.2) is 12.7 Å². The molecule has 0 unspecified atom stereocenters. The summed E-state index contributed by atoms with van der Waals surface area (Å²) in [5, 5.41) is 3.52. The van der Waals surface area contributed by atoms with Crippen LogP contribution in [0.5, 0.6) is 0 Å². The van der Waals surface area contributed by atoms with Crippen LogP contribution in [0.25, 0.3) is 0 Å². The van der Waals surface area contributed by atoms with Gasteiger partial charge in [-0.2, -0.15) is 0 Å². The van der Waals surface area contributed by atoms with Gasteiger partial charge in [-0.1, -0.05) is 70.8 Å². The third-order valence-electron chi connectivity index (χ3n) is 3.63. The summed E-state index contributed by atoms with van der Waals surface area (Å²) in [6, 6.07) is 0. The van der Waals surface area contributed by atoms with Gasteiger partial charge in [0.05, 0.1) is 0 Å². The molecule has 0 radical (unpaired) electrons. The van der Waals surface area contributed by atoms with Gasteiger partial charge in [0, 0.05) is 12.1 Å². The number of halogens is 1. The monoisotopic (exact) mass is 289 g/mol. The topological polar surface area (TPSA) is 12.0 Å². The van der Waals surface area contributed by atoms with Crippen molar-refractivity contribution in [2.75, 3.05) is 6.54 Å². The third-order valence-corrected chi connectivity index (χ3v) is 3.63. The summed E-state index contributed by atoms with van der Waals surface area (Å²) in [4.78, 5) is 0. The molecule has 19 heavy (non-hydrogen) atoms. The lowest BCUT2D eigenvalue weighted by Crippen LogP contribution is -2.39. The minimum Gasteiger partial charge on any atom is -0.308 e. The van der Waals surface area contributed by atoms with Crippen molar-refractivity contribution in [3.8, 4) is 0 Å². The maximum Gasteiger partial charge on any atom is 0.0137 e. The van der Waals surface area contributed by atoms with E-state index in [1.807, 2.05) is 6.08 Å². The molecule has 0 atom stereocenters. The quantitative estimate of drug-likeness (QED) is 0.330. The molecule has 0 saturated carbocycles. The Balaban J connectivity index is 0. The smallest absolute Gasteiger partial charge is 0.0137 e. The van der Waals surface area contributed by atoms with E-state index in [2.05, 4.69) is 32.7 Å². The molecule has 0 aromatic carbocycles. The second-order valence-electron chi connectivity index (χ2n) is 6.13. The zero-order valence-corrected chi connectivity index (χ0v) is 14.3. The molecule has 0 amide bonds. The summed E-state index contributed by atoms with van der Waals surface area (Å²) in [6.07, 6.45) is 15.9. The van der Waals surface area contributed by atoms with Crippen LogP contribution in [-0.4, -0.2) is 12.1 Å². The average molecular weight is 290 g/mol. The Morgan fingerprint density at radius 1 is 0.895 bits per heavy atom. The fourth-order valence-electron chi connectivity index (χ4n) is 2.31. The summed E-state index contributed by atoms with van der Waals surface area (Å²) in [5.74, 6) is 0. The Morgan fingerprint density at radius 2 is 1.37 bits per heavy atom. The van der Waals surface area contributed by atoms with Crippen LogP contribution in [-0.2, 0) is 0 Å². The van der Waals surface area contributed by atoms with Crippen LogP contribution in [0.2, 0.25) is 0 Å². The van der Waals surface area contributed by atoms with Gasteiger partial charge in [-0.15, -0.1) is 19.0 Å². The number of nitrogens with one attached hydrogen (secondary N) is 1. The Hall–Kier alpha value is -0.0100. The highest BCUT2D eigenvalue weighted by molar-refractivity contribution is 5.85. The fourth-order valence-corrected chi connectivity index (χ4v) is 2.31. The third kappa shape index (κ3) is 15.9. The summed E-state index contributed by atoms with van der Waals surface area (Å²) >= 11 is 0. The van der Waals surface area contributed by atoms with Crippen molar-refractivity contribution in [2.24, 2.45) is 0 Å². The van der Waals surface area contributed by atoms with Crippen LogP contribution in [0.3, 0.4) is 0 Å². The predicted octanol–water partition coefficient (Wildman–Crippen LogP) is 5.88. The lowest BCUT2D eigenvalue weighted by molar-refractivity contribution is 0.361. The first kappa shape index (κ1) is 21.3. The molecule has 0 spiro atoms. The van der Waals surface area contributed by atoms with E-state index in [9.17, 15) is 0 Å². The van der Waals surface area contributed by atoms with Crippen molar-refractivity contribution < 1.29 is 0 Å².